The van der Waals surface area contributed by atoms with Gasteiger partial charge >= 0.3 is 0 Å². The van der Waals surface area contributed by atoms with E-state index in [1.54, 1.807) is 0 Å². The van der Waals surface area contributed by atoms with E-state index in [0.717, 1.165) is 28.4 Å². The number of benzene rings is 2. The van der Waals surface area contributed by atoms with Crippen LogP contribution in [-0.2, 0) is 11.2 Å². The molecular formula is C20H19N5OS. The maximum Gasteiger partial charge on any atom is 0.230 e. The number of aromatic nitrogens is 4. The van der Waals surface area contributed by atoms with E-state index in [1.807, 2.05) is 37.3 Å². The second-order valence-corrected chi connectivity index (χ2v) is 7.28. The van der Waals surface area contributed by atoms with Crippen molar-refractivity contribution < 1.29 is 4.79 Å². The van der Waals surface area contributed by atoms with Crippen LogP contribution in [0.25, 0.3) is 22.1 Å². The number of amides is 1. The van der Waals surface area contributed by atoms with Crippen molar-refractivity contribution in [2.45, 2.75) is 18.5 Å². The van der Waals surface area contributed by atoms with E-state index in [4.69, 9.17) is 0 Å². The van der Waals surface area contributed by atoms with E-state index >= 15 is 0 Å². The Morgan fingerprint density at radius 3 is 2.85 bits per heavy atom. The molecule has 0 bridgehead atoms. The van der Waals surface area contributed by atoms with Gasteiger partial charge in [-0.05, 0) is 31.0 Å². The van der Waals surface area contributed by atoms with Gasteiger partial charge in [0.15, 0.2) is 5.65 Å². The van der Waals surface area contributed by atoms with Crippen molar-refractivity contribution >= 4 is 39.7 Å². The SMILES string of the molecule is Cc1ccc2[nH]c3nc(SCC(=O)NCCc4ccccc4)nnc3c2c1. The van der Waals surface area contributed by atoms with Gasteiger partial charge in [-0.15, -0.1) is 10.2 Å². The van der Waals surface area contributed by atoms with Crippen molar-refractivity contribution in [3.8, 4) is 0 Å². The van der Waals surface area contributed by atoms with Crippen LogP contribution in [0, 0.1) is 6.92 Å². The third kappa shape index (κ3) is 4.09. The van der Waals surface area contributed by atoms with Crippen molar-refractivity contribution in [3.05, 3.63) is 59.7 Å². The first-order chi connectivity index (χ1) is 13.2. The van der Waals surface area contributed by atoms with Gasteiger partial charge < -0.3 is 10.3 Å². The Morgan fingerprint density at radius 2 is 2.00 bits per heavy atom. The summed E-state index contributed by atoms with van der Waals surface area (Å²) in [7, 11) is 0. The fourth-order valence-corrected chi connectivity index (χ4v) is 3.52. The second kappa shape index (κ2) is 7.75. The molecule has 0 aliphatic rings. The number of aryl methyl sites for hydroxylation is 1. The average molecular weight is 377 g/mol. The first kappa shape index (κ1) is 17.5. The van der Waals surface area contributed by atoms with Crippen molar-refractivity contribution in [1.29, 1.82) is 0 Å². The lowest BCUT2D eigenvalue weighted by molar-refractivity contribution is -0.118. The maximum absolute atomic E-state index is 12.0. The van der Waals surface area contributed by atoms with Crippen molar-refractivity contribution in [3.63, 3.8) is 0 Å². The van der Waals surface area contributed by atoms with Gasteiger partial charge in [-0.25, -0.2) is 4.98 Å². The first-order valence-electron chi connectivity index (χ1n) is 8.75. The Hall–Kier alpha value is -2.93. The number of aromatic amines is 1. The molecule has 4 aromatic rings. The van der Waals surface area contributed by atoms with Crippen LogP contribution < -0.4 is 5.32 Å². The van der Waals surface area contributed by atoms with E-state index in [0.29, 0.717) is 17.3 Å². The van der Waals surface area contributed by atoms with Crippen molar-refractivity contribution in [2.75, 3.05) is 12.3 Å². The number of carbonyl (C=O) groups excluding carboxylic acids is 1. The molecule has 4 rings (SSSR count). The lowest BCUT2D eigenvalue weighted by Gasteiger charge is -2.04. The third-order valence-corrected chi connectivity index (χ3v) is 5.10. The molecule has 1 amide bonds. The van der Waals surface area contributed by atoms with Crippen LogP contribution >= 0.6 is 11.8 Å². The minimum absolute atomic E-state index is 0.0353. The summed E-state index contributed by atoms with van der Waals surface area (Å²) in [6.07, 6.45) is 0.815. The molecule has 7 heteroatoms. The molecule has 0 spiro atoms. The highest BCUT2D eigenvalue weighted by Gasteiger charge is 2.11. The number of nitrogens with one attached hydrogen (secondary N) is 2. The molecule has 2 aromatic heterocycles. The monoisotopic (exact) mass is 377 g/mol. The van der Waals surface area contributed by atoms with Gasteiger partial charge in [0.1, 0.15) is 5.52 Å². The van der Waals surface area contributed by atoms with Crippen LogP contribution in [0.5, 0.6) is 0 Å². The minimum Gasteiger partial charge on any atom is -0.355 e. The zero-order valence-corrected chi connectivity index (χ0v) is 15.7. The molecule has 136 valence electrons. The Balaban J connectivity index is 1.35. The van der Waals surface area contributed by atoms with E-state index < -0.39 is 0 Å². The van der Waals surface area contributed by atoms with Gasteiger partial charge in [0, 0.05) is 17.4 Å². The van der Waals surface area contributed by atoms with Crippen molar-refractivity contribution in [2.24, 2.45) is 0 Å². The fourth-order valence-electron chi connectivity index (χ4n) is 2.90. The summed E-state index contributed by atoms with van der Waals surface area (Å²) >= 11 is 1.29. The highest BCUT2D eigenvalue weighted by Crippen LogP contribution is 2.24. The Kier molecular flexibility index (Phi) is 5.02. The third-order valence-electron chi connectivity index (χ3n) is 4.26. The molecule has 2 heterocycles. The topological polar surface area (TPSA) is 83.6 Å². The van der Waals surface area contributed by atoms with Crippen LogP contribution in [0.2, 0.25) is 0 Å². The number of thioether (sulfide) groups is 1. The Bertz CT molecular complexity index is 1090. The summed E-state index contributed by atoms with van der Waals surface area (Å²) in [6, 6.07) is 16.2. The second-order valence-electron chi connectivity index (χ2n) is 6.34. The van der Waals surface area contributed by atoms with Gasteiger partial charge in [0.25, 0.3) is 0 Å². The lowest BCUT2D eigenvalue weighted by atomic mass is 10.1. The summed E-state index contributed by atoms with van der Waals surface area (Å²) in [5, 5.41) is 12.9. The Morgan fingerprint density at radius 1 is 1.15 bits per heavy atom. The normalized spacial score (nSPS) is 11.1. The number of rotatable bonds is 6. The molecule has 2 N–H and O–H groups in total. The molecule has 0 atom stereocenters. The van der Waals surface area contributed by atoms with Crippen LogP contribution in [0.3, 0.4) is 0 Å². The summed E-state index contributed by atoms with van der Waals surface area (Å²) in [4.78, 5) is 19.8. The standard InChI is InChI=1S/C20H19N5OS/c1-13-7-8-16-15(11-13)18-19(22-16)23-20(25-24-18)27-12-17(26)21-10-9-14-5-3-2-4-6-14/h2-8,11H,9-10,12H2,1H3,(H,21,26)(H,22,23,25). The highest BCUT2D eigenvalue weighted by atomic mass is 32.2. The predicted molar refractivity (Wildman–Crippen MR) is 108 cm³/mol. The molecule has 0 unspecified atom stereocenters. The van der Waals surface area contributed by atoms with Gasteiger partial charge in [0.05, 0.1) is 5.75 Å². The van der Waals surface area contributed by atoms with E-state index in [-0.39, 0.29) is 11.7 Å². The molecule has 0 aliphatic carbocycles. The van der Waals surface area contributed by atoms with E-state index in [2.05, 4.69) is 43.7 Å². The van der Waals surface area contributed by atoms with Crippen molar-refractivity contribution in [1.82, 2.24) is 25.5 Å². The zero-order valence-electron chi connectivity index (χ0n) is 14.9. The minimum atomic E-state index is -0.0353. The van der Waals surface area contributed by atoms with E-state index in [1.165, 1.54) is 17.3 Å². The molecule has 6 nitrogen and oxygen atoms in total. The maximum atomic E-state index is 12.0. The van der Waals surface area contributed by atoms with Crippen LogP contribution in [0.4, 0.5) is 0 Å². The predicted octanol–water partition coefficient (Wildman–Crippen LogP) is 3.27. The Labute approximate surface area is 160 Å². The number of H-pyrrole nitrogens is 1. The smallest absolute Gasteiger partial charge is 0.230 e. The molecule has 0 fully saturated rings. The van der Waals surface area contributed by atoms with Crippen LogP contribution in [-0.4, -0.2) is 38.4 Å². The zero-order chi connectivity index (χ0) is 18.6. The number of fused-ring (bicyclic) bond motifs is 3. The molecule has 0 radical (unpaired) electrons. The summed E-state index contributed by atoms with van der Waals surface area (Å²) in [5.41, 5.74) is 4.80. The number of nitrogens with zero attached hydrogens (tertiary/aromatic N) is 3. The van der Waals surface area contributed by atoms with Crippen LogP contribution in [0.15, 0.2) is 53.7 Å². The molecule has 0 saturated carbocycles. The molecule has 0 aliphatic heterocycles. The summed E-state index contributed by atoms with van der Waals surface area (Å²) in [6.45, 7) is 2.66. The van der Waals surface area contributed by atoms with Gasteiger partial charge in [-0.3, -0.25) is 4.79 Å². The first-order valence-corrected chi connectivity index (χ1v) is 9.74. The summed E-state index contributed by atoms with van der Waals surface area (Å²) < 4.78 is 0. The van der Waals surface area contributed by atoms with Gasteiger partial charge in [-0.1, -0.05) is 53.7 Å². The number of hydrogen-bond acceptors (Lipinski definition) is 5. The largest absolute Gasteiger partial charge is 0.355 e. The molecule has 2 aromatic carbocycles. The fraction of sp³-hybridized carbons (Fsp3) is 0.200. The average Bonchev–Trinajstić information content (AvgIpc) is 3.04. The van der Waals surface area contributed by atoms with Gasteiger partial charge in [0.2, 0.25) is 11.1 Å². The molecule has 0 saturated heterocycles. The lowest BCUT2D eigenvalue weighted by Crippen LogP contribution is -2.27. The number of carbonyl (C=O) groups is 1. The van der Waals surface area contributed by atoms with Gasteiger partial charge in [-0.2, -0.15) is 0 Å². The molecule has 27 heavy (non-hydrogen) atoms. The van der Waals surface area contributed by atoms with E-state index in [9.17, 15) is 4.79 Å². The highest BCUT2D eigenvalue weighted by molar-refractivity contribution is 7.99. The molecular weight excluding hydrogens is 358 g/mol. The quantitative estimate of drug-likeness (QED) is 0.504. The summed E-state index contributed by atoms with van der Waals surface area (Å²) in [5.74, 6) is 0.230. The number of hydrogen-bond donors (Lipinski definition) is 2. The van der Waals surface area contributed by atoms with Crippen LogP contribution in [0.1, 0.15) is 11.1 Å².